The highest BCUT2D eigenvalue weighted by molar-refractivity contribution is 6.74. The molecule has 5 nitrogen and oxygen atoms in total. The van der Waals surface area contributed by atoms with Crippen molar-refractivity contribution in [2.24, 2.45) is 0 Å². The Kier molecular flexibility index (Phi) is 10.4. The van der Waals surface area contributed by atoms with Crippen LogP contribution in [-0.4, -0.2) is 34.0 Å². The van der Waals surface area contributed by atoms with Crippen LogP contribution in [0, 0.1) is 0 Å². The van der Waals surface area contributed by atoms with Gasteiger partial charge < -0.3 is 18.8 Å². The Hall–Kier alpha value is -2.15. The molecule has 1 saturated heterocycles. The van der Waals surface area contributed by atoms with Gasteiger partial charge in [-0.15, -0.1) is 0 Å². The van der Waals surface area contributed by atoms with Crippen LogP contribution in [-0.2, 0) is 20.6 Å². The van der Waals surface area contributed by atoms with Crippen molar-refractivity contribution in [2.45, 2.75) is 103 Å². The van der Waals surface area contributed by atoms with Crippen LogP contribution in [0.25, 0.3) is 0 Å². The Morgan fingerprint density at radius 1 is 1.03 bits per heavy atom. The number of carbonyl (C=O) groups is 1. The summed E-state index contributed by atoms with van der Waals surface area (Å²) in [6.45, 7) is 14.7. The second kappa shape index (κ2) is 13.1. The van der Waals surface area contributed by atoms with E-state index < -0.39 is 8.32 Å². The van der Waals surface area contributed by atoms with Gasteiger partial charge in [-0.3, -0.25) is 4.79 Å². The smallest absolute Gasteiger partial charge is 0.227 e. The second-order valence-corrected chi connectivity index (χ2v) is 16.6. The van der Waals surface area contributed by atoms with Gasteiger partial charge in [0, 0.05) is 12.1 Å². The van der Waals surface area contributed by atoms with Gasteiger partial charge in [-0.2, -0.15) is 0 Å². The predicted octanol–water partition coefficient (Wildman–Crippen LogP) is 8.05. The van der Waals surface area contributed by atoms with Crippen molar-refractivity contribution < 1.29 is 18.7 Å². The minimum atomic E-state index is -1.87. The number of rotatable bonds is 13. The molecule has 0 aromatic heterocycles. The summed E-state index contributed by atoms with van der Waals surface area (Å²) < 4.78 is 18.2. The standard InChI is InChI=1S/C31H47NO4Si/c1-8-9-10-11-29(35-22-24-12-19-28(34-5)20-13-24)25-14-16-26(17-15-25)32-27(18-21-30(32)33)23-36-37(6,7)31(2,3)4/h12-17,19-20,27,29H,8-11,18,21-23H2,1-7H3/t27-,29+/m1/s1. The monoisotopic (exact) mass is 525 g/mol. The van der Waals surface area contributed by atoms with Crippen LogP contribution in [0.15, 0.2) is 48.5 Å². The minimum Gasteiger partial charge on any atom is -0.497 e. The highest BCUT2D eigenvalue weighted by Gasteiger charge is 2.40. The molecule has 1 fully saturated rings. The Balaban J connectivity index is 1.70. The molecule has 204 valence electrons. The molecule has 0 bridgehead atoms. The van der Waals surface area contributed by atoms with Gasteiger partial charge in [0.1, 0.15) is 5.75 Å². The number of hydrogen-bond acceptors (Lipinski definition) is 4. The van der Waals surface area contributed by atoms with Crippen LogP contribution in [0.5, 0.6) is 5.75 Å². The Labute approximate surface area is 225 Å². The van der Waals surface area contributed by atoms with Crippen molar-refractivity contribution in [1.82, 2.24) is 0 Å². The van der Waals surface area contributed by atoms with Gasteiger partial charge in [0.15, 0.2) is 8.32 Å². The van der Waals surface area contributed by atoms with E-state index >= 15 is 0 Å². The molecule has 0 aliphatic carbocycles. The molecule has 37 heavy (non-hydrogen) atoms. The van der Waals surface area contributed by atoms with Crippen LogP contribution in [0.4, 0.5) is 5.69 Å². The summed E-state index contributed by atoms with van der Waals surface area (Å²) in [5, 5.41) is 0.153. The Bertz CT molecular complexity index is 982. The Morgan fingerprint density at radius 2 is 1.70 bits per heavy atom. The highest BCUT2D eigenvalue weighted by Crippen LogP contribution is 2.38. The predicted molar refractivity (Wildman–Crippen MR) is 155 cm³/mol. The second-order valence-electron chi connectivity index (χ2n) is 11.8. The largest absolute Gasteiger partial charge is 0.497 e. The number of nitrogens with zero attached hydrogens (tertiary/aromatic N) is 1. The molecule has 0 unspecified atom stereocenters. The van der Waals surface area contributed by atoms with Crippen molar-refractivity contribution >= 4 is 19.9 Å². The number of amides is 1. The van der Waals surface area contributed by atoms with Crippen LogP contribution in [0.2, 0.25) is 18.1 Å². The lowest BCUT2D eigenvalue weighted by atomic mass is 10.0. The number of hydrogen-bond donors (Lipinski definition) is 0. The molecular weight excluding hydrogens is 478 g/mol. The number of methoxy groups -OCH3 is 1. The number of carbonyl (C=O) groups excluding carboxylic acids is 1. The number of benzene rings is 2. The third-order valence-corrected chi connectivity index (χ3v) is 12.5. The van der Waals surface area contributed by atoms with Gasteiger partial charge in [-0.1, -0.05) is 71.2 Å². The fourth-order valence-electron chi connectivity index (χ4n) is 4.47. The summed E-state index contributed by atoms with van der Waals surface area (Å²) in [6, 6.07) is 16.6. The van der Waals surface area contributed by atoms with Gasteiger partial charge in [0.25, 0.3) is 0 Å². The van der Waals surface area contributed by atoms with E-state index in [-0.39, 0.29) is 23.1 Å². The zero-order valence-corrected chi connectivity index (χ0v) is 25.0. The number of anilines is 1. The lowest BCUT2D eigenvalue weighted by molar-refractivity contribution is -0.117. The fourth-order valence-corrected chi connectivity index (χ4v) is 5.51. The van der Waals surface area contributed by atoms with E-state index in [4.69, 9.17) is 13.9 Å². The van der Waals surface area contributed by atoms with Gasteiger partial charge in [0.2, 0.25) is 5.91 Å². The first-order chi connectivity index (χ1) is 17.6. The molecule has 0 saturated carbocycles. The molecule has 2 aromatic carbocycles. The zero-order valence-electron chi connectivity index (χ0n) is 24.0. The first kappa shape index (κ1) is 29.4. The van der Waals surface area contributed by atoms with Crippen molar-refractivity contribution in [1.29, 1.82) is 0 Å². The third kappa shape index (κ3) is 7.92. The summed E-state index contributed by atoms with van der Waals surface area (Å²) in [5.41, 5.74) is 3.25. The first-order valence-electron chi connectivity index (χ1n) is 13.9. The van der Waals surface area contributed by atoms with E-state index in [1.807, 2.05) is 17.0 Å². The van der Waals surface area contributed by atoms with E-state index in [2.05, 4.69) is 77.2 Å². The average Bonchev–Trinajstić information content (AvgIpc) is 3.25. The molecule has 1 aliphatic rings. The molecule has 1 amide bonds. The lowest BCUT2D eigenvalue weighted by Gasteiger charge is -2.38. The maximum Gasteiger partial charge on any atom is 0.227 e. The summed E-state index contributed by atoms with van der Waals surface area (Å²) in [4.78, 5) is 14.8. The highest BCUT2D eigenvalue weighted by atomic mass is 28.4. The van der Waals surface area contributed by atoms with E-state index in [9.17, 15) is 4.79 Å². The fraction of sp³-hybridized carbons (Fsp3) is 0.581. The molecule has 6 heteroatoms. The molecule has 0 spiro atoms. The van der Waals surface area contributed by atoms with E-state index in [1.165, 1.54) is 12.8 Å². The minimum absolute atomic E-state index is 0.0229. The summed E-state index contributed by atoms with van der Waals surface area (Å²) in [5.74, 6) is 1.04. The van der Waals surface area contributed by atoms with Crippen molar-refractivity contribution in [3.8, 4) is 5.75 Å². The normalized spacial score (nSPS) is 17.3. The van der Waals surface area contributed by atoms with Crippen LogP contribution < -0.4 is 9.64 Å². The van der Waals surface area contributed by atoms with Gasteiger partial charge >= 0.3 is 0 Å². The summed E-state index contributed by atoms with van der Waals surface area (Å²) in [6.07, 6.45) is 5.93. The topological polar surface area (TPSA) is 48.0 Å². The lowest BCUT2D eigenvalue weighted by Crippen LogP contribution is -2.45. The van der Waals surface area contributed by atoms with Crippen LogP contribution >= 0.6 is 0 Å². The van der Waals surface area contributed by atoms with Gasteiger partial charge in [-0.05, 0) is 66.4 Å². The van der Waals surface area contributed by atoms with Crippen molar-refractivity contribution in [2.75, 3.05) is 18.6 Å². The molecule has 0 radical (unpaired) electrons. The average molecular weight is 526 g/mol. The third-order valence-electron chi connectivity index (χ3n) is 7.99. The van der Waals surface area contributed by atoms with Crippen molar-refractivity contribution in [3.05, 3.63) is 59.7 Å². The maximum absolute atomic E-state index is 12.9. The van der Waals surface area contributed by atoms with Gasteiger partial charge in [-0.25, -0.2) is 0 Å². The SMILES string of the molecule is CCCCC[C@H](OCc1ccc(OC)cc1)c1ccc(N2C(=O)CC[C@@H]2CO[Si](C)(C)C(C)(C)C)cc1. The quantitative estimate of drug-likeness (QED) is 0.196. The molecule has 2 aromatic rings. The van der Waals surface area contributed by atoms with Crippen molar-refractivity contribution in [3.63, 3.8) is 0 Å². The molecule has 0 N–H and O–H groups in total. The van der Waals surface area contributed by atoms with E-state index in [1.54, 1.807) is 7.11 Å². The number of unbranched alkanes of at least 4 members (excludes halogenated alkanes) is 2. The van der Waals surface area contributed by atoms with Crippen LogP contribution in [0.1, 0.15) is 83.5 Å². The molecule has 1 heterocycles. The zero-order chi connectivity index (χ0) is 27.1. The molecule has 3 rings (SSSR count). The van der Waals surface area contributed by atoms with E-state index in [0.29, 0.717) is 19.6 Å². The maximum atomic E-state index is 12.9. The van der Waals surface area contributed by atoms with E-state index in [0.717, 1.165) is 41.8 Å². The summed E-state index contributed by atoms with van der Waals surface area (Å²) >= 11 is 0. The molecular formula is C31H47NO4Si. The first-order valence-corrected chi connectivity index (χ1v) is 16.8. The molecule has 2 atom stereocenters. The van der Waals surface area contributed by atoms with Gasteiger partial charge in [0.05, 0.1) is 32.5 Å². The van der Waals surface area contributed by atoms with Crippen LogP contribution in [0.3, 0.4) is 0 Å². The number of ether oxygens (including phenoxy) is 2. The molecule has 1 aliphatic heterocycles. The Morgan fingerprint density at radius 3 is 2.30 bits per heavy atom. The summed E-state index contributed by atoms with van der Waals surface area (Å²) in [7, 11) is -0.190.